The maximum atomic E-state index is 12.7. The number of amides is 2. The molecule has 0 aliphatic heterocycles. The number of hydrogen-bond acceptors (Lipinski definition) is 6. The van der Waals surface area contributed by atoms with Crippen molar-refractivity contribution >= 4 is 17.5 Å². The quantitative estimate of drug-likeness (QED) is 0.276. The highest BCUT2D eigenvalue weighted by Crippen LogP contribution is 2.26. The van der Waals surface area contributed by atoms with Gasteiger partial charge in [-0.05, 0) is 62.4 Å². The lowest BCUT2D eigenvalue weighted by Crippen LogP contribution is -2.42. The van der Waals surface area contributed by atoms with Crippen molar-refractivity contribution in [2.45, 2.75) is 26.4 Å². The molecular formula is C27H25N5O5. The number of hydrogen-bond donors (Lipinski definition) is 2. The van der Waals surface area contributed by atoms with Crippen LogP contribution in [0.15, 0.2) is 85.1 Å². The van der Waals surface area contributed by atoms with Crippen molar-refractivity contribution in [1.29, 1.82) is 0 Å². The van der Waals surface area contributed by atoms with E-state index < -0.39 is 16.7 Å². The minimum absolute atomic E-state index is 0.0149. The summed E-state index contributed by atoms with van der Waals surface area (Å²) in [6, 6.07) is 21.9. The molecule has 0 saturated heterocycles. The lowest BCUT2D eigenvalue weighted by molar-refractivity contribution is -0.384. The second-order valence-corrected chi connectivity index (χ2v) is 8.46. The van der Waals surface area contributed by atoms with Crippen molar-refractivity contribution < 1.29 is 19.2 Å². The van der Waals surface area contributed by atoms with Gasteiger partial charge in [-0.1, -0.05) is 18.2 Å². The number of benzene rings is 3. The molecule has 2 amide bonds. The number of aromatic nitrogens is 2. The van der Waals surface area contributed by atoms with Crippen LogP contribution in [0.2, 0.25) is 0 Å². The first kappa shape index (κ1) is 25.1. The van der Waals surface area contributed by atoms with Gasteiger partial charge in [0.25, 0.3) is 11.6 Å². The van der Waals surface area contributed by atoms with Gasteiger partial charge >= 0.3 is 0 Å². The predicted octanol–water partition coefficient (Wildman–Crippen LogP) is 4.24. The van der Waals surface area contributed by atoms with Crippen molar-refractivity contribution in [3.05, 3.63) is 106 Å². The van der Waals surface area contributed by atoms with Crippen LogP contribution in [0.25, 0.3) is 16.9 Å². The standard InChI is InChI=1S/C27H25N5O5/c1-18(2)37-24-14-10-20(11-15-24)27(34)29-28-25(33)16-21-17-31(22-6-4-3-5-7-22)30-26(21)19-8-12-23(13-9-19)32(35)36/h3-15,17-18H,16H2,1-2H3,(H,28,33)(H,29,34). The molecule has 10 heteroatoms. The van der Waals surface area contributed by atoms with Gasteiger partial charge in [-0.3, -0.25) is 30.6 Å². The number of carbonyl (C=O) groups is 2. The molecule has 0 atom stereocenters. The summed E-state index contributed by atoms with van der Waals surface area (Å²) in [5.41, 5.74) is 7.66. The summed E-state index contributed by atoms with van der Waals surface area (Å²) in [4.78, 5) is 35.7. The molecule has 0 radical (unpaired) electrons. The third kappa shape index (κ3) is 6.37. The molecular weight excluding hydrogens is 474 g/mol. The molecule has 0 unspecified atom stereocenters. The van der Waals surface area contributed by atoms with Crippen LogP contribution in [0.5, 0.6) is 5.75 Å². The average molecular weight is 500 g/mol. The predicted molar refractivity (Wildman–Crippen MR) is 137 cm³/mol. The molecule has 4 rings (SSSR count). The van der Waals surface area contributed by atoms with E-state index in [1.807, 2.05) is 44.2 Å². The van der Waals surface area contributed by atoms with Crippen LogP contribution >= 0.6 is 0 Å². The summed E-state index contributed by atoms with van der Waals surface area (Å²) in [7, 11) is 0. The van der Waals surface area contributed by atoms with Crippen LogP contribution in [0.3, 0.4) is 0 Å². The average Bonchev–Trinajstić information content (AvgIpc) is 3.31. The van der Waals surface area contributed by atoms with Gasteiger partial charge in [0.05, 0.1) is 28.8 Å². The molecule has 0 aliphatic rings. The Hall–Kier alpha value is -4.99. The van der Waals surface area contributed by atoms with Gasteiger partial charge in [0, 0.05) is 35.0 Å². The highest BCUT2D eigenvalue weighted by atomic mass is 16.6. The molecule has 0 fully saturated rings. The second kappa shape index (κ2) is 11.2. The molecule has 2 N–H and O–H groups in total. The van der Waals surface area contributed by atoms with Gasteiger partial charge in [0.1, 0.15) is 5.75 Å². The fraction of sp³-hybridized carbons (Fsp3) is 0.148. The molecule has 0 bridgehead atoms. The maximum Gasteiger partial charge on any atom is 0.269 e. The number of carbonyl (C=O) groups excluding carboxylic acids is 2. The smallest absolute Gasteiger partial charge is 0.269 e. The van der Waals surface area contributed by atoms with E-state index in [1.54, 1.807) is 47.3 Å². The molecule has 1 heterocycles. The van der Waals surface area contributed by atoms with Crippen LogP contribution in [0, 0.1) is 10.1 Å². The molecule has 0 spiro atoms. The lowest BCUT2D eigenvalue weighted by Gasteiger charge is -2.10. The zero-order valence-electron chi connectivity index (χ0n) is 20.3. The van der Waals surface area contributed by atoms with E-state index >= 15 is 0 Å². The van der Waals surface area contributed by atoms with Crippen molar-refractivity contribution in [2.75, 3.05) is 0 Å². The number of hydrazine groups is 1. The Morgan fingerprint density at radius 2 is 1.65 bits per heavy atom. The monoisotopic (exact) mass is 499 g/mol. The highest BCUT2D eigenvalue weighted by molar-refractivity contribution is 5.95. The number of nitrogens with zero attached hydrogens (tertiary/aromatic N) is 3. The molecule has 0 aliphatic carbocycles. The van der Waals surface area contributed by atoms with E-state index in [1.165, 1.54) is 12.1 Å². The van der Waals surface area contributed by atoms with E-state index in [4.69, 9.17) is 4.74 Å². The summed E-state index contributed by atoms with van der Waals surface area (Å²) in [6.45, 7) is 3.82. The van der Waals surface area contributed by atoms with E-state index in [0.29, 0.717) is 28.1 Å². The summed E-state index contributed by atoms with van der Waals surface area (Å²) in [6.07, 6.45) is 1.66. The van der Waals surface area contributed by atoms with E-state index in [0.717, 1.165) is 5.69 Å². The second-order valence-electron chi connectivity index (χ2n) is 8.46. The summed E-state index contributed by atoms with van der Waals surface area (Å²) >= 11 is 0. The fourth-order valence-electron chi connectivity index (χ4n) is 3.61. The number of ether oxygens (including phenoxy) is 1. The Morgan fingerprint density at radius 3 is 2.27 bits per heavy atom. The molecule has 3 aromatic carbocycles. The Kier molecular flexibility index (Phi) is 7.58. The van der Waals surface area contributed by atoms with E-state index in [-0.39, 0.29) is 18.2 Å². The van der Waals surface area contributed by atoms with Gasteiger partial charge in [-0.15, -0.1) is 0 Å². The third-order valence-corrected chi connectivity index (χ3v) is 5.32. The van der Waals surface area contributed by atoms with Gasteiger partial charge in [0.15, 0.2) is 0 Å². The Balaban J connectivity index is 1.49. The number of non-ortho nitro benzene ring substituents is 1. The minimum atomic E-state index is -0.478. The molecule has 1 aromatic heterocycles. The highest BCUT2D eigenvalue weighted by Gasteiger charge is 2.17. The van der Waals surface area contributed by atoms with Crippen molar-refractivity contribution in [3.8, 4) is 22.7 Å². The minimum Gasteiger partial charge on any atom is -0.491 e. The zero-order chi connectivity index (χ0) is 26.4. The third-order valence-electron chi connectivity index (χ3n) is 5.32. The normalized spacial score (nSPS) is 10.7. The first-order valence-electron chi connectivity index (χ1n) is 11.5. The van der Waals surface area contributed by atoms with Crippen LogP contribution in [-0.4, -0.2) is 32.6 Å². The Labute approximate surface area is 213 Å². The molecule has 188 valence electrons. The Bertz CT molecular complexity index is 1400. The number of nitro benzene ring substituents is 1. The number of para-hydroxylation sites is 1. The van der Waals surface area contributed by atoms with Crippen molar-refractivity contribution in [2.24, 2.45) is 0 Å². The van der Waals surface area contributed by atoms with Crippen LogP contribution < -0.4 is 15.6 Å². The summed E-state index contributed by atoms with van der Waals surface area (Å²) < 4.78 is 7.21. The van der Waals surface area contributed by atoms with Crippen LogP contribution in [-0.2, 0) is 11.2 Å². The molecule has 4 aromatic rings. The number of nitro groups is 1. The van der Waals surface area contributed by atoms with Gasteiger partial charge in [-0.25, -0.2) is 4.68 Å². The van der Waals surface area contributed by atoms with Crippen molar-refractivity contribution in [1.82, 2.24) is 20.6 Å². The van der Waals surface area contributed by atoms with Crippen LogP contribution in [0.1, 0.15) is 29.8 Å². The van der Waals surface area contributed by atoms with Gasteiger partial charge in [0.2, 0.25) is 5.91 Å². The topological polar surface area (TPSA) is 128 Å². The van der Waals surface area contributed by atoms with Crippen LogP contribution in [0.4, 0.5) is 5.69 Å². The van der Waals surface area contributed by atoms with Gasteiger partial charge < -0.3 is 4.74 Å². The van der Waals surface area contributed by atoms with E-state index in [9.17, 15) is 19.7 Å². The first-order chi connectivity index (χ1) is 17.8. The zero-order valence-corrected chi connectivity index (χ0v) is 20.3. The van der Waals surface area contributed by atoms with E-state index in [2.05, 4.69) is 16.0 Å². The molecule has 10 nitrogen and oxygen atoms in total. The largest absolute Gasteiger partial charge is 0.491 e. The fourth-order valence-corrected chi connectivity index (χ4v) is 3.61. The van der Waals surface area contributed by atoms with Crippen molar-refractivity contribution in [3.63, 3.8) is 0 Å². The molecule has 0 saturated carbocycles. The molecule has 37 heavy (non-hydrogen) atoms. The first-order valence-corrected chi connectivity index (χ1v) is 11.5. The number of nitrogens with one attached hydrogen (secondary N) is 2. The van der Waals surface area contributed by atoms with Gasteiger partial charge in [-0.2, -0.15) is 5.10 Å². The summed E-state index contributed by atoms with van der Waals surface area (Å²) in [5, 5.41) is 15.6. The SMILES string of the molecule is CC(C)Oc1ccc(C(=O)NNC(=O)Cc2cn(-c3ccccc3)nc2-c2ccc([N+](=O)[O-])cc2)cc1. The Morgan fingerprint density at radius 1 is 0.973 bits per heavy atom. The maximum absolute atomic E-state index is 12.7. The lowest BCUT2D eigenvalue weighted by atomic mass is 10.1. The summed E-state index contributed by atoms with van der Waals surface area (Å²) in [5.74, 6) is -0.284. The number of rotatable bonds is 8.